The number of aliphatic imine (C=N–C) groups is 1. The van der Waals surface area contributed by atoms with Gasteiger partial charge in [-0.25, -0.2) is 23.8 Å². The first-order valence-electron chi connectivity index (χ1n) is 13.7. The predicted octanol–water partition coefficient (Wildman–Crippen LogP) is 7.30. The molecule has 1 aliphatic heterocycles. The van der Waals surface area contributed by atoms with E-state index < -0.39 is 29.8 Å². The maximum atomic E-state index is 15.5. The summed E-state index contributed by atoms with van der Waals surface area (Å²) in [4.78, 5) is 13.1. The van der Waals surface area contributed by atoms with Crippen LogP contribution in [0.2, 0.25) is 0 Å². The number of hydrogen-bond donors (Lipinski definition) is 0. The molecule has 1 aromatic heterocycles. The van der Waals surface area contributed by atoms with Gasteiger partial charge in [0, 0.05) is 25.1 Å². The third-order valence-electron chi connectivity index (χ3n) is 6.97. The molecular weight excluding hydrogens is 486 g/mol. The number of aromatic nitrogens is 1. The highest BCUT2D eigenvalue weighted by Gasteiger charge is 2.50. The van der Waals surface area contributed by atoms with Gasteiger partial charge < -0.3 is 4.74 Å². The first kappa shape index (κ1) is 29.6. The van der Waals surface area contributed by atoms with Gasteiger partial charge in [-0.1, -0.05) is 52.9 Å². The molecule has 0 radical (unpaired) electrons. The van der Waals surface area contributed by atoms with Crippen molar-refractivity contribution < 1.29 is 27.1 Å². The van der Waals surface area contributed by atoms with E-state index in [0.717, 1.165) is 43.6 Å². The molecule has 0 aromatic carbocycles. The topological polar surface area (TPSA) is 47.0 Å². The molecule has 2 aliphatic rings. The highest BCUT2D eigenvalue weighted by Crippen LogP contribution is 2.46. The van der Waals surface area contributed by atoms with Gasteiger partial charge >= 0.3 is 0 Å². The van der Waals surface area contributed by atoms with Crippen LogP contribution >= 0.6 is 0 Å². The summed E-state index contributed by atoms with van der Waals surface area (Å²) in [7, 11) is 0. The molecule has 9 heteroatoms. The lowest BCUT2D eigenvalue weighted by molar-refractivity contribution is -0.182. The summed E-state index contributed by atoms with van der Waals surface area (Å²) >= 11 is 0. The van der Waals surface area contributed by atoms with Gasteiger partial charge in [-0.15, -0.1) is 0 Å². The molecule has 1 aromatic rings. The molecule has 0 fully saturated rings. The average Bonchev–Trinajstić information content (AvgIpc) is 2.84. The Kier molecular flexibility index (Phi) is 11.4. The SMILES string of the molecule is CCCCCOCCCON1C=CC(C2CCc3cc(CC(C)CCCC)nc(F)c3C2(F)F)=NC1F. The Hall–Kier alpha value is -2.00. The normalized spacial score (nSPS) is 21.6. The number of allylic oxidation sites excluding steroid dienone is 1. The molecule has 37 heavy (non-hydrogen) atoms. The Balaban J connectivity index is 1.58. The van der Waals surface area contributed by atoms with Crippen LogP contribution in [0, 0.1) is 17.8 Å². The number of unbranched alkanes of at least 4 members (excludes halogenated alkanes) is 3. The highest BCUT2D eigenvalue weighted by molar-refractivity contribution is 5.98. The second-order valence-electron chi connectivity index (χ2n) is 10.2. The number of halogens is 4. The number of fused-ring (bicyclic) bond motifs is 1. The predicted molar refractivity (Wildman–Crippen MR) is 137 cm³/mol. The quantitative estimate of drug-likeness (QED) is 0.104. The van der Waals surface area contributed by atoms with Crippen molar-refractivity contribution in [3.63, 3.8) is 0 Å². The maximum Gasteiger partial charge on any atom is 0.288 e. The fraction of sp³-hybridized carbons (Fsp3) is 0.714. The van der Waals surface area contributed by atoms with Gasteiger partial charge in [-0.05, 0) is 55.7 Å². The van der Waals surface area contributed by atoms with Crippen LogP contribution in [0.3, 0.4) is 0 Å². The summed E-state index contributed by atoms with van der Waals surface area (Å²) in [5.41, 5.74) is 0.00855. The van der Waals surface area contributed by atoms with Crippen LogP contribution in [0.1, 0.15) is 89.0 Å². The van der Waals surface area contributed by atoms with E-state index in [2.05, 4.69) is 30.7 Å². The molecule has 3 atom stereocenters. The van der Waals surface area contributed by atoms with Crippen molar-refractivity contribution in [3.8, 4) is 0 Å². The van der Waals surface area contributed by atoms with E-state index in [1.54, 1.807) is 6.07 Å². The Bertz CT molecular complexity index is 925. The molecule has 0 spiro atoms. The van der Waals surface area contributed by atoms with Crippen molar-refractivity contribution in [1.29, 1.82) is 0 Å². The maximum absolute atomic E-state index is 15.5. The molecule has 0 amide bonds. The highest BCUT2D eigenvalue weighted by atomic mass is 19.3. The van der Waals surface area contributed by atoms with Crippen molar-refractivity contribution in [1.82, 2.24) is 10.0 Å². The lowest BCUT2D eigenvalue weighted by atomic mass is 9.78. The minimum atomic E-state index is -3.54. The molecule has 0 N–H and O–H groups in total. The number of pyridine rings is 1. The van der Waals surface area contributed by atoms with E-state index in [1.165, 1.54) is 12.3 Å². The van der Waals surface area contributed by atoms with Crippen LogP contribution in [0.15, 0.2) is 23.3 Å². The van der Waals surface area contributed by atoms with Crippen LogP contribution in [-0.4, -0.2) is 42.0 Å². The Morgan fingerprint density at radius 3 is 2.59 bits per heavy atom. The largest absolute Gasteiger partial charge is 0.381 e. The molecule has 0 bridgehead atoms. The first-order valence-corrected chi connectivity index (χ1v) is 13.7. The summed E-state index contributed by atoms with van der Waals surface area (Å²) < 4.78 is 66.1. The Morgan fingerprint density at radius 1 is 1.11 bits per heavy atom. The molecule has 1 aliphatic carbocycles. The van der Waals surface area contributed by atoms with Crippen molar-refractivity contribution in [2.75, 3.05) is 19.8 Å². The Labute approximate surface area is 218 Å². The zero-order chi connectivity index (χ0) is 26.8. The average molecular weight is 528 g/mol. The minimum absolute atomic E-state index is 0.0421. The number of rotatable bonds is 15. The van der Waals surface area contributed by atoms with Gasteiger partial charge in [0.2, 0.25) is 5.95 Å². The number of aryl methyl sites for hydroxylation is 1. The molecular formula is C28H41F4N3O2. The van der Waals surface area contributed by atoms with Crippen molar-refractivity contribution >= 4 is 5.71 Å². The van der Waals surface area contributed by atoms with E-state index >= 15 is 8.78 Å². The van der Waals surface area contributed by atoms with E-state index in [0.29, 0.717) is 37.7 Å². The van der Waals surface area contributed by atoms with Crippen LogP contribution in [0.5, 0.6) is 0 Å². The van der Waals surface area contributed by atoms with Gasteiger partial charge in [0.1, 0.15) is 0 Å². The third kappa shape index (κ3) is 7.99. The Morgan fingerprint density at radius 2 is 1.86 bits per heavy atom. The number of alkyl halides is 3. The zero-order valence-electron chi connectivity index (χ0n) is 22.3. The molecule has 0 saturated heterocycles. The molecule has 5 nitrogen and oxygen atoms in total. The molecule has 208 valence electrons. The molecule has 3 rings (SSSR count). The van der Waals surface area contributed by atoms with E-state index in [-0.39, 0.29) is 30.7 Å². The van der Waals surface area contributed by atoms with Crippen LogP contribution < -0.4 is 0 Å². The van der Waals surface area contributed by atoms with Gasteiger partial charge in [-0.3, -0.25) is 4.84 Å². The summed E-state index contributed by atoms with van der Waals surface area (Å²) in [5, 5.41) is 0.906. The number of hydrogen-bond acceptors (Lipinski definition) is 5. The van der Waals surface area contributed by atoms with E-state index in [1.807, 2.05) is 0 Å². The second-order valence-corrected chi connectivity index (χ2v) is 10.2. The fourth-order valence-corrected chi connectivity index (χ4v) is 4.92. The van der Waals surface area contributed by atoms with E-state index in [9.17, 15) is 8.78 Å². The van der Waals surface area contributed by atoms with Crippen LogP contribution in [0.25, 0.3) is 0 Å². The van der Waals surface area contributed by atoms with Gasteiger partial charge in [0.25, 0.3) is 12.3 Å². The fourth-order valence-electron chi connectivity index (χ4n) is 4.92. The number of nitrogens with zero attached hydrogens (tertiary/aromatic N) is 3. The summed E-state index contributed by atoms with van der Waals surface area (Å²) in [5.74, 6) is -5.81. The van der Waals surface area contributed by atoms with E-state index in [4.69, 9.17) is 9.57 Å². The van der Waals surface area contributed by atoms with Gasteiger partial charge in [0.15, 0.2) is 0 Å². The summed E-state index contributed by atoms with van der Waals surface area (Å²) in [6.07, 6.45) is 8.45. The standard InChI is InChI=1S/C28H41F4N3O2/c1-4-6-8-15-36-16-9-17-37-35-14-13-24(34-27(35)30)23-12-11-21-19-22(18-20(3)10-7-5-2)33-26(29)25(21)28(23,31)32/h13-14,19-20,23,27H,4-12,15-18H2,1-3H3. The van der Waals surface area contributed by atoms with Gasteiger partial charge in [-0.2, -0.15) is 8.78 Å². The molecule has 2 heterocycles. The monoisotopic (exact) mass is 527 g/mol. The molecule has 0 saturated carbocycles. The lowest BCUT2D eigenvalue weighted by Crippen LogP contribution is -2.40. The lowest BCUT2D eigenvalue weighted by Gasteiger charge is -2.35. The summed E-state index contributed by atoms with van der Waals surface area (Å²) in [6, 6.07) is 1.62. The number of ether oxygens (including phenoxy) is 1. The molecule has 3 unspecified atom stereocenters. The second kappa shape index (κ2) is 14.2. The van der Waals surface area contributed by atoms with Crippen molar-refractivity contribution in [2.45, 2.75) is 97.3 Å². The number of hydroxylamine groups is 2. The smallest absolute Gasteiger partial charge is 0.288 e. The van der Waals surface area contributed by atoms with Crippen molar-refractivity contribution in [2.24, 2.45) is 16.8 Å². The van der Waals surface area contributed by atoms with Crippen molar-refractivity contribution in [3.05, 3.63) is 41.1 Å². The van der Waals surface area contributed by atoms with Crippen LogP contribution in [0.4, 0.5) is 17.6 Å². The van der Waals surface area contributed by atoms with Gasteiger partial charge in [0.05, 0.1) is 23.8 Å². The summed E-state index contributed by atoms with van der Waals surface area (Å²) in [6.45, 7) is 7.69. The third-order valence-corrected chi connectivity index (χ3v) is 6.97. The van der Waals surface area contributed by atoms with Crippen LogP contribution in [-0.2, 0) is 28.3 Å². The zero-order valence-corrected chi connectivity index (χ0v) is 22.3. The minimum Gasteiger partial charge on any atom is -0.381 e. The first-order chi connectivity index (χ1) is 17.8.